The maximum atomic E-state index is 13.0. The first-order valence-electron chi connectivity index (χ1n) is 44.0. The number of aliphatic carboxylic acids is 1. The van der Waals surface area contributed by atoms with Crippen LogP contribution in [0.25, 0.3) is 0 Å². The number of carbonyl (C=O) groups excluding carboxylic acids is 3. The van der Waals surface area contributed by atoms with Gasteiger partial charge in [-0.1, -0.05) is 406 Å². The van der Waals surface area contributed by atoms with Gasteiger partial charge >= 0.3 is 11.9 Å². The molecule has 0 fully saturated rings. The average Bonchev–Trinajstić information content (AvgIpc) is 0.985. The second-order valence-electron chi connectivity index (χ2n) is 30.8. The van der Waals surface area contributed by atoms with Gasteiger partial charge in [0.2, 0.25) is 0 Å². The Labute approximate surface area is 638 Å². The molecule has 0 amide bonds. The number of esters is 2. The van der Waals surface area contributed by atoms with E-state index in [9.17, 15) is 19.5 Å². The number of nitrogens with zero attached hydrogens (tertiary/aromatic N) is 1. The lowest BCUT2D eigenvalue weighted by atomic mass is 10.0. The van der Waals surface area contributed by atoms with Crippen LogP contribution in [0.5, 0.6) is 0 Å². The molecule has 0 N–H and O–H groups in total. The van der Waals surface area contributed by atoms with E-state index in [4.69, 9.17) is 18.9 Å². The Bertz CT molecular complexity index is 2070. The Morgan fingerprint density at radius 3 is 0.835 bits per heavy atom. The third-order valence-electron chi connectivity index (χ3n) is 19.5. The van der Waals surface area contributed by atoms with Gasteiger partial charge in [0.25, 0.3) is 0 Å². The second kappa shape index (κ2) is 83.6. The van der Waals surface area contributed by atoms with Crippen molar-refractivity contribution in [2.75, 3.05) is 47.5 Å². The Kier molecular flexibility index (Phi) is 80.3. The topological polar surface area (TPSA) is 111 Å². The fourth-order valence-electron chi connectivity index (χ4n) is 12.8. The summed E-state index contributed by atoms with van der Waals surface area (Å²) in [5.74, 6) is -2.26. The van der Waals surface area contributed by atoms with Crippen LogP contribution < -0.4 is 5.11 Å². The van der Waals surface area contributed by atoms with Gasteiger partial charge in [-0.25, -0.2) is 0 Å². The molecule has 0 rings (SSSR count). The highest BCUT2D eigenvalue weighted by molar-refractivity contribution is 5.70. The molecule has 0 saturated heterocycles. The zero-order valence-electron chi connectivity index (χ0n) is 68.4. The molecular formula is C94H167NO8. The Morgan fingerprint density at radius 1 is 0.301 bits per heavy atom. The first-order chi connectivity index (χ1) is 50.6. The molecule has 2 atom stereocenters. The molecule has 0 aromatic heterocycles. The van der Waals surface area contributed by atoms with E-state index in [0.29, 0.717) is 23.9 Å². The fraction of sp³-hybridized carbons (Fsp3) is 0.777. The summed E-state index contributed by atoms with van der Waals surface area (Å²) < 4.78 is 22.9. The van der Waals surface area contributed by atoms with Crippen LogP contribution in [0.4, 0.5) is 0 Å². The van der Waals surface area contributed by atoms with Crippen molar-refractivity contribution in [2.45, 2.75) is 424 Å². The van der Waals surface area contributed by atoms with Gasteiger partial charge in [0.15, 0.2) is 12.4 Å². The third-order valence-corrected chi connectivity index (χ3v) is 19.5. The van der Waals surface area contributed by atoms with Crippen molar-refractivity contribution in [1.82, 2.24) is 0 Å². The van der Waals surface area contributed by atoms with E-state index >= 15 is 0 Å². The number of hydrogen-bond donors (Lipinski definition) is 0. The number of carboxylic acid groups (broad SMARTS) is 1. The van der Waals surface area contributed by atoms with E-state index in [0.717, 1.165) is 89.9 Å². The monoisotopic (exact) mass is 1440 g/mol. The summed E-state index contributed by atoms with van der Waals surface area (Å²) in [5.41, 5.74) is 0. The van der Waals surface area contributed by atoms with Gasteiger partial charge in [-0.05, 0) is 103 Å². The van der Waals surface area contributed by atoms with Crippen LogP contribution in [0.1, 0.15) is 412 Å². The third kappa shape index (κ3) is 85.1. The van der Waals surface area contributed by atoms with Gasteiger partial charge < -0.3 is 33.3 Å². The summed E-state index contributed by atoms with van der Waals surface area (Å²) in [4.78, 5) is 37.7. The summed E-state index contributed by atoms with van der Waals surface area (Å²) in [5, 5.41) is 11.9. The number of ether oxygens (including phenoxy) is 4. The molecule has 0 aliphatic carbocycles. The molecule has 0 spiro atoms. The van der Waals surface area contributed by atoms with Gasteiger partial charge in [-0.3, -0.25) is 9.59 Å². The van der Waals surface area contributed by atoms with E-state index < -0.39 is 24.3 Å². The van der Waals surface area contributed by atoms with E-state index in [-0.39, 0.29) is 32.2 Å². The molecular weight excluding hydrogens is 1270 g/mol. The zero-order valence-corrected chi connectivity index (χ0v) is 68.4. The van der Waals surface area contributed by atoms with Crippen molar-refractivity contribution < 1.29 is 42.9 Å². The van der Waals surface area contributed by atoms with Crippen molar-refractivity contribution in [2.24, 2.45) is 0 Å². The van der Waals surface area contributed by atoms with Gasteiger partial charge in [-0.2, -0.15) is 0 Å². The normalized spacial score (nSPS) is 13.1. The maximum Gasteiger partial charge on any atom is 0.306 e. The lowest BCUT2D eigenvalue weighted by molar-refractivity contribution is -0.870. The number of quaternary nitrogens is 1. The molecule has 0 saturated carbocycles. The number of carbonyl (C=O) groups is 3. The Balaban J connectivity index is 3.97. The first-order valence-corrected chi connectivity index (χ1v) is 44.0. The minimum atomic E-state index is -1.63. The number of hydrogen-bond acceptors (Lipinski definition) is 8. The van der Waals surface area contributed by atoms with Gasteiger partial charge in [0.05, 0.1) is 40.3 Å². The lowest BCUT2D eigenvalue weighted by Crippen LogP contribution is -2.44. The lowest BCUT2D eigenvalue weighted by Gasteiger charge is -2.26. The standard InChI is InChI=1S/C94H167NO8/c1-6-8-10-12-14-16-18-20-22-24-26-28-30-32-34-36-38-40-42-44-46-48-50-52-54-56-58-60-62-64-66-68-70-72-74-76-78-80-82-84-91(96)101-88-90(89-102-94(93(98)99)100-87-86-95(3,4)5)103-92(97)85-83-81-79-77-75-73-71-69-67-65-63-61-59-57-55-53-51-49-47-45-43-41-39-37-35-33-31-29-27-25-23-21-19-17-15-13-11-9-7-2/h9,11,15,17,21,23-24,26-27,29,33,35,39,41,45,47,51,53,90,94H,6-8,10,12-14,16,18-20,22,25,28,30-32,34,36-38,40,42-44,46,48-50,52,54-89H2,1-5H3/b11-9-,17-15-,23-21-,26-24-,29-27-,35-33-,41-39-,47-45-,53-51-. The number of likely N-dealkylation sites (N-methyl/N-ethyl adjacent to an activating group) is 1. The van der Waals surface area contributed by atoms with Gasteiger partial charge in [0.1, 0.15) is 13.2 Å². The number of unbranched alkanes of at least 4 members (excludes halogenated alkanes) is 49. The average molecular weight is 1440 g/mol. The highest BCUT2D eigenvalue weighted by Crippen LogP contribution is 2.20. The van der Waals surface area contributed by atoms with Crippen LogP contribution in [-0.2, 0) is 33.3 Å². The second-order valence-corrected chi connectivity index (χ2v) is 30.8. The molecule has 0 aromatic rings. The van der Waals surface area contributed by atoms with Gasteiger partial charge in [0, 0.05) is 12.8 Å². The number of allylic oxidation sites excluding steroid dienone is 18. The van der Waals surface area contributed by atoms with Crippen LogP contribution in [-0.4, -0.2) is 82.3 Å². The minimum Gasteiger partial charge on any atom is -0.545 e. The molecule has 0 aliphatic heterocycles. The predicted octanol–water partition coefficient (Wildman–Crippen LogP) is 27.5. The number of rotatable bonds is 82. The summed E-state index contributed by atoms with van der Waals surface area (Å²) in [6.07, 6.45) is 115. The van der Waals surface area contributed by atoms with Crippen molar-refractivity contribution in [1.29, 1.82) is 0 Å². The van der Waals surface area contributed by atoms with Crippen molar-refractivity contribution in [3.8, 4) is 0 Å². The predicted molar refractivity (Wildman–Crippen MR) is 444 cm³/mol. The molecule has 0 heterocycles. The van der Waals surface area contributed by atoms with E-state index in [1.807, 2.05) is 21.1 Å². The molecule has 0 aromatic carbocycles. The smallest absolute Gasteiger partial charge is 0.306 e. The molecule has 596 valence electrons. The summed E-state index contributed by atoms with van der Waals surface area (Å²) >= 11 is 0. The van der Waals surface area contributed by atoms with Crippen LogP contribution in [0.15, 0.2) is 109 Å². The van der Waals surface area contributed by atoms with Crippen LogP contribution in [0, 0.1) is 0 Å². The molecule has 9 heteroatoms. The highest BCUT2D eigenvalue weighted by Gasteiger charge is 2.22. The molecule has 9 nitrogen and oxygen atoms in total. The first kappa shape index (κ1) is 98.9. The number of carboxylic acids is 1. The quantitative estimate of drug-likeness (QED) is 0.0195. The Hall–Kier alpha value is -4.05. The minimum absolute atomic E-state index is 0.146. The van der Waals surface area contributed by atoms with E-state index in [1.54, 1.807) is 0 Å². The van der Waals surface area contributed by atoms with Crippen molar-refractivity contribution >= 4 is 17.9 Å². The molecule has 2 unspecified atom stereocenters. The zero-order chi connectivity index (χ0) is 74.6. The highest BCUT2D eigenvalue weighted by atomic mass is 16.7. The van der Waals surface area contributed by atoms with E-state index in [2.05, 4.69) is 123 Å². The van der Waals surface area contributed by atoms with Crippen molar-refractivity contribution in [3.63, 3.8) is 0 Å². The summed E-state index contributed by atoms with van der Waals surface area (Å²) in [6.45, 7) is 4.69. The van der Waals surface area contributed by atoms with Crippen LogP contribution in [0.2, 0.25) is 0 Å². The van der Waals surface area contributed by atoms with E-state index in [1.165, 1.54) is 289 Å². The molecule has 0 radical (unpaired) electrons. The molecule has 0 aliphatic rings. The SMILES string of the molecule is CC/C=C\C/C=C\C/C=C\C/C=C\C/C=C\C/C=C\C/C=C\C/C=C\CCCCCCCCCCCCCCCCC(=O)OC(COC(=O)CCCCCCCCCCCCCCCCCCCCCCCCCCCCC/C=C\CCCCCCCCCC)COC(OCC[N+](C)(C)C)C(=O)[O-]. The van der Waals surface area contributed by atoms with Gasteiger partial charge in [-0.15, -0.1) is 0 Å². The maximum absolute atomic E-state index is 13.0. The van der Waals surface area contributed by atoms with Crippen LogP contribution >= 0.6 is 0 Å². The van der Waals surface area contributed by atoms with Crippen LogP contribution in [0.3, 0.4) is 0 Å². The summed E-state index contributed by atoms with van der Waals surface area (Å²) in [6, 6.07) is 0. The molecule has 103 heavy (non-hydrogen) atoms. The van der Waals surface area contributed by atoms with Crippen molar-refractivity contribution in [3.05, 3.63) is 109 Å². The Morgan fingerprint density at radius 2 is 0.553 bits per heavy atom. The fourth-order valence-corrected chi connectivity index (χ4v) is 12.8. The molecule has 0 bridgehead atoms. The largest absolute Gasteiger partial charge is 0.545 e. The summed E-state index contributed by atoms with van der Waals surface area (Å²) in [7, 11) is 5.95.